The molecule has 2 unspecified atom stereocenters. The van der Waals surface area contributed by atoms with Gasteiger partial charge in [-0.2, -0.15) is 0 Å². The predicted molar refractivity (Wildman–Crippen MR) is 73.5 cm³/mol. The van der Waals surface area contributed by atoms with Crippen LogP contribution < -0.4 is 5.32 Å². The zero-order chi connectivity index (χ0) is 13.1. The third-order valence-electron chi connectivity index (χ3n) is 4.59. The molecule has 0 bridgehead atoms. The van der Waals surface area contributed by atoms with Crippen LogP contribution in [-0.2, 0) is 4.79 Å². The first-order valence-corrected chi connectivity index (χ1v) is 7.26. The largest absolute Gasteiger partial charge is 0.342 e. The number of carbonyl (C=O) groups is 1. The van der Waals surface area contributed by atoms with Crippen molar-refractivity contribution in [1.29, 1.82) is 0 Å². The molecule has 4 heteroatoms. The van der Waals surface area contributed by atoms with Gasteiger partial charge in [-0.15, -0.1) is 0 Å². The highest BCUT2D eigenvalue weighted by Gasteiger charge is 2.30. The van der Waals surface area contributed by atoms with Crippen molar-refractivity contribution in [3.63, 3.8) is 0 Å². The van der Waals surface area contributed by atoms with Gasteiger partial charge in [0.1, 0.15) is 0 Å². The number of rotatable bonds is 2. The van der Waals surface area contributed by atoms with Crippen molar-refractivity contribution in [3.05, 3.63) is 0 Å². The van der Waals surface area contributed by atoms with Crippen LogP contribution in [0.15, 0.2) is 0 Å². The maximum Gasteiger partial charge on any atom is 0.226 e. The highest BCUT2D eigenvalue weighted by Crippen LogP contribution is 2.20. The smallest absolute Gasteiger partial charge is 0.226 e. The monoisotopic (exact) mass is 253 g/mol. The predicted octanol–water partition coefficient (Wildman–Crippen LogP) is 0.927. The van der Waals surface area contributed by atoms with Gasteiger partial charge in [0.2, 0.25) is 5.91 Å². The summed E-state index contributed by atoms with van der Waals surface area (Å²) in [6.07, 6.45) is 4.41. The van der Waals surface area contributed by atoms with E-state index in [1.807, 2.05) is 11.9 Å². The molecule has 0 aliphatic carbocycles. The van der Waals surface area contributed by atoms with Gasteiger partial charge in [-0.25, -0.2) is 0 Å². The van der Waals surface area contributed by atoms with Crippen LogP contribution in [0, 0.1) is 5.92 Å². The van der Waals surface area contributed by atoms with Crippen LogP contribution in [0.1, 0.15) is 32.6 Å². The Morgan fingerprint density at radius 2 is 1.89 bits per heavy atom. The summed E-state index contributed by atoms with van der Waals surface area (Å²) in [6, 6.07) is 1.02. The van der Waals surface area contributed by atoms with E-state index < -0.39 is 0 Å². The van der Waals surface area contributed by atoms with E-state index in [0.717, 1.165) is 45.3 Å². The summed E-state index contributed by atoms with van der Waals surface area (Å²) < 4.78 is 0. The normalized spacial score (nSPS) is 31.3. The molecule has 1 amide bonds. The molecule has 2 rings (SSSR count). The maximum atomic E-state index is 12.5. The summed E-state index contributed by atoms with van der Waals surface area (Å²) in [4.78, 5) is 16.8. The van der Waals surface area contributed by atoms with Crippen LogP contribution in [0.2, 0.25) is 0 Å². The summed E-state index contributed by atoms with van der Waals surface area (Å²) >= 11 is 0. The van der Waals surface area contributed by atoms with Gasteiger partial charge in [-0.05, 0) is 52.7 Å². The van der Waals surface area contributed by atoms with Crippen molar-refractivity contribution < 1.29 is 4.79 Å². The molecule has 2 aliphatic heterocycles. The second-order valence-electron chi connectivity index (χ2n) is 6.07. The minimum Gasteiger partial charge on any atom is -0.342 e. The molecule has 4 nitrogen and oxygen atoms in total. The van der Waals surface area contributed by atoms with E-state index in [2.05, 4.69) is 24.2 Å². The van der Waals surface area contributed by atoms with Crippen molar-refractivity contribution >= 4 is 5.91 Å². The third kappa shape index (κ3) is 3.23. The van der Waals surface area contributed by atoms with Gasteiger partial charge in [-0.3, -0.25) is 4.79 Å². The summed E-state index contributed by atoms with van der Waals surface area (Å²) in [5, 5.41) is 3.42. The summed E-state index contributed by atoms with van der Waals surface area (Å²) in [5.74, 6) is 0.551. The highest BCUT2D eigenvalue weighted by molar-refractivity contribution is 5.79. The van der Waals surface area contributed by atoms with E-state index in [1.54, 1.807) is 0 Å². The van der Waals surface area contributed by atoms with Gasteiger partial charge in [-0.1, -0.05) is 0 Å². The molecule has 0 radical (unpaired) electrons. The molecule has 0 aromatic rings. The first-order valence-electron chi connectivity index (χ1n) is 7.26. The molecule has 0 spiro atoms. The number of hydrogen-bond acceptors (Lipinski definition) is 3. The molecule has 104 valence electrons. The Bertz CT molecular complexity index is 279. The van der Waals surface area contributed by atoms with Crippen molar-refractivity contribution in [2.45, 2.75) is 44.7 Å². The summed E-state index contributed by atoms with van der Waals surface area (Å²) in [5.41, 5.74) is 0. The van der Waals surface area contributed by atoms with E-state index in [-0.39, 0.29) is 5.92 Å². The number of nitrogens with zero attached hydrogens (tertiary/aromatic N) is 2. The Balaban J connectivity index is 1.84. The van der Waals surface area contributed by atoms with Gasteiger partial charge < -0.3 is 15.1 Å². The zero-order valence-corrected chi connectivity index (χ0v) is 12.0. The van der Waals surface area contributed by atoms with Crippen molar-refractivity contribution in [2.75, 3.05) is 33.7 Å². The Labute approximate surface area is 111 Å². The lowest BCUT2D eigenvalue weighted by molar-refractivity contribution is -0.137. The van der Waals surface area contributed by atoms with Crippen LogP contribution in [0.25, 0.3) is 0 Å². The molecule has 2 aliphatic rings. The van der Waals surface area contributed by atoms with Gasteiger partial charge >= 0.3 is 0 Å². The molecule has 2 fully saturated rings. The number of hydrogen-bond donors (Lipinski definition) is 1. The summed E-state index contributed by atoms with van der Waals surface area (Å²) in [7, 11) is 4.15. The minimum atomic E-state index is 0.200. The molecule has 2 heterocycles. The SMILES string of the molecule is CC1CCC(C(=O)N(C)C2CCN(C)CC2)CN1. The highest BCUT2D eigenvalue weighted by atomic mass is 16.2. The Morgan fingerprint density at radius 1 is 1.22 bits per heavy atom. The molecule has 0 aromatic carbocycles. The first kappa shape index (κ1) is 13.8. The molecule has 18 heavy (non-hydrogen) atoms. The van der Waals surface area contributed by atoms with Crippen molar-refractivity contribution in [1.82, 2.24) is 15.1 Å². The fraction of sp³-hybridized carbons (Fsp3) is 0.929. The molecule has 0 saturated carbocycles. The number of piperidine rings is 2. The standard InChI is InChI=1S/C14H27N3O/c1-11-4-5-12(10-15-11)14(18)17(3)13-6-8-16(2)9-7-13/h11-13,15H,4-10H2,1-3H3. The number of amides is 1. The lowest BCUT2D eigenvalue weighted by Crippen LogP contribution is -2.50. The quantitative estimate of drug-likeness (QED) is 0.795. The van der Waals surface area contributed by atoms with Crippen LogP contribution >= 0.6 is 0 Å². The fourth-order valence-corrected chi connectivity index (χ4v) is 3.06. The number of carbonyl (C=O) groups excluding carboxylic acids is 1. The van der Waals surface area contributed by atoms with Crippen molar-refractivity contribution in [2.24, 2.45) is 5.92 Å². The van der Waals surface area contributed by atoms with Gasteiger partial charge in [0.25, 0.3) is 0 Å². The van der Waals surface area contributed by atoms with Gasteiger partial charge in [0.15, 0.2) is 0 Å². The zero-order valence-electron chi connectivity index (χ0n) is 12.0. The van der Waals surface area contributed by atoms with Crippen molar-refractivity contribution in [3.8, 4) is 0 Å². The Kier molecular flexibility index (Phi) is 4.62. The van der Waals surface area contributed by atoms with E-state index >= 15 is 0 Å². The molecule has 1 N–H and O–H groups in total. The molecular weight excluding hydrogens is 226 g/mol. The fourth-order valence-electron chi connectivity index (χ4n) is 3.06. The van der Waals surface area contributed by atoms with Crippen LogP contribution in [0.5, 0.6) is 0 Å². The minimum absolute atomic E-state index is 0.200. The average molecular weight is 253 g/mol. The third-order valence-corrected chi connectivity index (χ3v) is 4.59. The maximum absolute atomic E-state index is 12.5. The van der Waals surface area contributed by atoms with Crippen LogP contribution in [0.4, 0.5) is 0 Å². The average Bonchev–Trinajstić information content (AvgIpc) is 2.39. The number of nitrogens with one attached hydrogen (secondary N) is 1. The Morgan fingerprint density at radius 3 is 2.44 bits per heavy atom. The lowest BCUT2D eigenvalue weighted by Gasteiger charge is -2.38. The Hall–Kier alpha value is -0.610. The first-order chi connectivity index (χ1) is 8.58. The molecule has 2 saturated heterocycles. The van der Waals surface area contributed by atoms with Crippen LogP contribution in [0.3, 0.4) is 0 Å². The topological polar surface area (TPSA) is 35.6 Å². The van der Waals surface area contributed by atoms with E-state index in [4.69, 9.17) is 0 Å². The van der Waals surface area contributed by atoms with Gasteiger partial charge in [0, 0.05) is 25.7 Å². The second kappa shape index (κ2) is 6.02. The number of likely N-dealkylation sites (tertiary alicyclic amines) is 1. The summed E-state index contributed by atoms with van der Waals surface area (Å²) in [6.45, 7) is 5.28. The van der Waals surface area contributed by atoms with Gasteiger partial charge in [0.05, 0.1) is 5.92 Å². The van der Waals surface area contributed by atoms with E-state index in [0.29, 0.717) is 18.0 Å². The lowest BCUT2D eigenvalue weighted by atomic mass is 9.93. The van der Waals surface area contributed by atoms with E-state index in [1.165, 1.54) is 0 Å². The molecule has 2 atom stereocenters. The molecule has 0 aromatic heterocycles. The second-order valence-corrected chi connectivity index (χ2v) is 6.07. The van der Waals surface area contributed by atoms with E-state index in [9.17, 15) is 4.79 Å². The molecular formula is C14H27N3O. The van der Waals surface area contributed by atoms with Crippen LogP contribution in [-0.4, -0.2) is 61.5 Å².